The Morgan fingerprint density at radius 2 is 2.26 bits per heavy atom. The van der Waals surface area contributed by atoms with Crippen molar-refractivity contribution in [3.05, 3.63) is 30.4 Å². The Hall–Kier alpha value is -0.790. The molecule has 104 valence electrons. The standard InChI is InChI=1S/C11H11BrClFN2O2S/c1-5(12)8(13)9(18-2)7-6(4-14)15-11(19-3)16-10(7)17/h4H,1-3H3,(H,15,16,17)/b6-4-,8-5-,9-7-. The molecule has 0 radical (unpaired) electrons. The van der Waals surface area contributed by atoms with Gasteiger partial charge in [0.1, 0.15) is 16.9 Å². The molecule has 0 fully saturated rings. The van der Waals surface area contributed by atoms with Gasteiger partial charge in [0.2, 0.25) is 0 Å². The van der Waals surface area contributed by atoms with Gasteiger partial charge in [0.15, 0.2) is 10.9 Å². The molecule has 1 N–H and O–H groups in total. The predicted octanol–water partition coefficient (Wildman–Crippen LogP) is 1.82. The van der Waals surface area contributed by atoms with Gasteiger partial charge >= 0.3 is 0 Å². The van der Waals surface area contributed by atoms with E-state index < -0.39 is 5.56 Å². The molecule has 0 atom stereocenters. The number of H-pyrrole nitrogens is 1. The molecule has 0 unspecified atom stereocenters. The van der Waals surface area contributed by atoms with Crippen LogP contribution in [-0.4, -0.2) is 23.3 Å². The number of aromatic amines is 1. The zero-order valence-electron chi connectivity index (χ0n) is 10.4. The van der Waals surface area contributed by atoms with Crippen molar-refractivity contribution >= 4 is 51.4 Å². The Labute approximate surface area is 126 Å². The first-order chi connectivity index (χ1) is 8.96. The number of thioether (sulfide) groups is 1. The summed E-state index contributed by atoms with van der Waals surface area (Å²) in [6.07, 6.45) is 1.97. The van der Waals surface area contributed by atoms with Crippen molar-refractivity contribution in [2.45, 2.75) is 12.1 Å². The van der Waals surface area contributed by atoms with Crippen molar-refractivity contribution < 1.29 is 9.13 Å². The highest BCUT2D eigenvalue weighted by Gasteiger charge is 2.12. The van der Waals surface area contributed by atoms with E-state index in [4.69, 9.17) is 16.3 Å². The summed E-state index contributed by atoms with van der Waals surface area (Å²) in [6, 6.07) is 0. The number of hydrogen-bond donors (Lipinski definition) is 1. The number of methoxy groups -OCH3 is 1. The summed E-state index contributed by atoms with van der Waals surface area (Å²) in [5.74, 6) is 0.0568. The first kappa shape index (κ1) is 16.3. The number of aromatic nitrogens is 2. The smallest absolute Gasteiger partial charge is 0.263 e. The molecule has 0 bridgehead atoms. The van der Waals surface area contributed by atoms with Gasteiger partial charge < -0.3 is 9.72 Å². The third-order valence-corrected chi connectivity index (χ3v) is 3.82. The number of nitrogens with one attached hydrogen (secondary N) is 1. The number of ether oxygens (including phenoxy) is 1. The van der Waals surface area contributed by atoms with Crippen LogP contribution in [0.2, 0.25) is 0 Å². The fourth-order valence-corrected chi connectivity index (χ4v) is 2.06. The Morgan fingerprint density at radius 3 is 2.68 bits per heavy atom. The normalized spacial score (nSPS) is 15.2. The summed E-state index contributed by atoms with van der Waals surface area (Å²) in [4.78, 5) is 18.5. The molecular formula is C11H11BrClFN2O2S. The van der Waals surface area contributed by atoms with E-state index in [-0.39, 0.29) is 27.7 Å². The van der Waals surface area contributed by atoms with E-state index in [1.807, 2.05) is 0 Å². The predicted molar refractivity (Wildman–Crippen MR) is 79.4 cm³/mol. The van der Waals surface area contributed by atoms with Crippen LogP contribution in [0.4, 0.5) is 4.39 Å². The molecule has 8 heteroatoms. The molecule has 1 aromatic rings. The van der Waals surface area contributed by atoms with E-state index in [9.17, 15) is 9.18 Å². The Kier molecular flexibility index (Phi) is 6.09. The van der Waals surface area contributed by atoms with Gasteiger partial charge in [-0.3, -0.25) is 4.79 Å². The molecule has 1 heterocycles. The molecule has 0 amide bonds. The molecule has 0 aromatic carbocycles. The molecular weight excluding hydrogens is 359 g/mol. The SMILES string of the molecule is COC(/C(Cl)=C(\C)Br)=c1\c(=O)[nH]c(SC)n\c1=C/F. The Bertz CT molecular complexity index is 683. The third-order valence-electron chi connectivity index (χ3n) is 2.16. The minimum absolute atomic E-state index is 0.0494. The van der Waals surface area contributed by atoms with Crippen LogP contribution in [0.25, 0.3) is 12.1 Å². The minimum atomic E-state index is -0.521. The second-order valence-electron chi connectivity index (χ2n) is 3.33. The van der Waals surface area contributed by atoms with Crippen LogP contribution in [0.1, 0.15) is 6.92 Å². The van der Waals surface area contributed by atoms with Gasteiger partial charge in [-0.15, -0.1) is 0 Å². The van der Waals surface area contributed by atoms with E-state index in [0.29, 0.717) is 9.64 Å². The highest BCUT2D eigenvalue weighted by molar-refractivity contribution is 9.11. The van der Waals surface area contributed by atoms with Crippen molar-refractivity contribution in [2.24, 2.45) is 0 Å². The van der Waals surface area contributed by atoms with Gasteiger partial charge in [0.05, 0.1) is 12.1 Å². The van der Waals surface area contributed by atoms with Crippen molar-refractivity contribution in [1.29, 1.82) is 0 Å². The van der Waals surface area contributed by atoms with Gasteiger partial charge in [-0.05, 0) is 13.2 Å². The number of hydrogen-bond acceptors (Lipinski definition) is 4. The van der Waals surface area contributed by atoms with Crippen LogP contribution in [0.3, 0.4) is 0 Å². The quantitative estimate of drug-likeness (QED) is 0.652. The largest absolute Gasteiger partial charge is 0.494 e. The highest BCUT2D eigenvalue weighted by atomic mass is 79.9. The second-order valence-corrected chi connectivity index (χ2v) is 5.69. The van der Waals surface area contributed by atoms with E-state index in [1.54, 1.807) is 13.2 Å². The first-order valence-corrected chi connectivity index (χ1v) is 7.41. The Morgan fingerprint density at radius 1 is 1.63 bits per heavy atom. The lowest BCUT2D eigenvalue weighted by atomic mass is 10.3. The average Bonchev–Trinajstić information content (AvgIpc) is 2.40. The lowest BCUT2D eigenvalue weighted by Crippen LogP contribution is -2.45. The van der Waals surface area contributed by atoms with Gasteiger partial charge in [0, 0.05) is 4.48 Å². The minimum Gasteiger partial charge on any atom is -0.494 e. The molecule has 1 rings (SSSR count). The topological polar surface area (TPSA) is 55.0 Å². The van der Waals surface area contributed by atoms with Crippen molar-refractivity contribution in [1.82, 2.24) is 9.97 Å². The fraction of sp³-hybridized carbons (Fsp3) is 0.273. The molecule has 4 nitrogen and oxygen atoms in total. The van der Waals surface area contributed by atoms with E-state index in [1.165, 1.54) is 18.9 Å². The molecule has 19 heavy (non-hydrogen) atoms. The summed E-state index contributed by atoms with van der Waals surface area (Å²) in [6.45, 7) is 1.68. The van der Waals surface area contributed by atoms with E-state index in [2.05, 4.69) is 25.9 Å². The molecule has 0 saturated carbocycles. The van der Waals surface area contributed by atoms with Crippen LogP contribution in [0.15, 0.2) is 19.5 Å². The van der Waals surface area contributed by atoms with Crippen LogP contribution in [0.5, 0.6) is 0 Å². The van der Waals surface area contributed by atoms with Crippen molar-refractivity contribution in [3.8, 4) is 0 Å². The molecule has 0 aliphatic rings. The maximum absolute atomic E-state index is 13.0. The summed E-state index contributed by atoms with van der Waals surface area (Å²) in [5, 5.41) is 0.307. The number of allylic oxidation sites excluding steroid dienone is 1. The first-order valence-electron chi connectivity index (χ1n) is 5.01. The molecule has 0 aliphatic heterocycles. The molecule has 0 saturated heterocycles. The molecule has 1 aromatic heterocycles. The van der Waals surface area contributed by atoms with Gasteiger partial charge in [0.25, 0.3) is 5.56 Å². The summed E-state index contributed by atoms with van der Waals surface area (Å²) >= 11 is 10.4. The maximum Gasteiger partial charge on any atom is 0.263 e. The molecule has 0 aliphatic carbocycles. The van der Waals surface area contributed by atoms with Gasteiger partial charge in [-0.2, -0.15) is 0 Å². The monoisotopic (exact) mass is 368 g/mol. The Balaban J connectivity index is 3.95. The lowest BCUT2D eigenvalue weighted by molar-refractivity contribution is 0.367. The van der Waals surface area contributed by atoms with E-state index >= 15 is 0 Å². The van der Waals surface area contributed by atoms with Gasteiger partial charge in [-0.1, -0.05) is 39.3 Å². The number of nitrogens with zero attached hydrogens (tertiary/aromatic N) is 1. The average molecular weight is 370 g/mol. The highest BCUT2D eigenvalue weighted by Crippen LogP contribution is 2.22. The number of rotatable bonds is 3. The van der Waals surface area contributed by atoms with Crippen LogP contribution < -0.4 is 16.1 Å². The summed E-state index contributed by atoms with van der Waals surface area (Å²) in [5.41, 5.74) is -0.521. The van der Waals surface area contributed by atoms with E-state index in [0.717, 1.165) is 0 Å². The lowest BCUT2D eigenvalue weighted by Gasteiger charge is -2.06. The van der Waals surface area contributed by atoms with Crippen LogP contribution >= 0.6 is 39.3 Å². The van der Waals surface area contributed by atoms with Crippen molar-refractivity contribution in [2.75, 3.05) is 13.4 Å². The van der Waals surface area contributed by atoms with Crippen molar-refractivity contribution in [3.63, 3.8) is 0 Å². The zero-order valence-corrected chi connectivity index (χ0v) is 13.5. The zero-order chi connectivity index (χ0) is 14.6. The van der Waals surface area contributed by atoms with Gasteiger partial charge in [-0.25, -0.2) is 9.37 Å². The number of halogens is 3. The molecule has 0 spiro atoms. The van der Waals surface area contributed by atoms with Crippen LogP contribution in [0, 0.1) is 0 Å². The van der Waals surface area contributed by atoms with Crippen LogP contribution in [-0.2, 0) is 4.74 Å². The summed E-state index contributed by atoms with van der Waals surface area (Å²) < 4.78 is 18.6. The second kappa shape index (κ2) is 7.12. The maximum atomic E-state index is 13.0. The third kappa shape index (κ3) is 3.61. The fourth-order valence-electron chi connectivity index (χ4n) is 1.32. The summed E-state index contributed by atoms with van der Waals surface area (Å²) in [7, 11) is 1.34.